The van der Waals surface area contributed by atoms with Gasteiger partial charge in [0.25, 0.3) is 0 Å². The molecule has 3 heterocycles. The zero-order chi connectivity index (χ0) is 24.0. The number of allylic oxidation sites excluding steroid dienone is 3. The fourth-order valence-electron chi connectivity index (χ4n) is 4.79. The summed E-state index contributed by atoms with van der Waals surface area (Å²) in [5.74, 6) is 0.533. The Hall–Kier alpha value is -2.60. The molecular formula is C30H41N5. The van der Waals surface area contributed by atoms with E-state index in [4.69, 9.17) is 0 Å². The molecule has 1 aromatic carbocycles. The molecule has 1 aromatic heterocycles. The van der Waals surface area contributed by atoms with Crippen LogP contribution in [0.25, 0.3) is 0 Å². The number of benzene rings is 1. The van der Waals surface area contributed by atoms with Gasteiger partial charge in [0.2, 0.25) is 0 Å². The van der Waals surface area contributed by atoms with Crippen molar-refractivity contribution in [3.05, 3.63) is 89.4 Å². The van der Waals surface area contributed by atoms with Crippen LogP contribution >= 0.6 is 0 Å². The number of aliphatic imine (C=N–C) groups is 1. The minimum absolute atomic E-state index is 0.533. The lowest BCUT2D eigenvalue weighted by Crippen LogP contribution is -2.34. The van der Waals surface area contributed by atoms with Gasteiger partial charge in [0.15, 0.2) is 0 Å². The minimum Gasteiger partial charge on any atom is -0.315 e. The van der Waals surface area contributed by atoms with E-state index in [1.807, 2.05) is 24.5 Å². The molecule has 0 amide bonds. The Morgan fingerprint density at radius 2 is 1.94 bits per heavy atom. The lowest BCUT2D eigenvalue weighted by Gasteiger charge is -2.25. The summed E-state index contributed by atoms with van der Waals surface area (Å²) in [5, 5.41) is 7.20. The molecule has 5 heteroatoms. The third-order valence-corrected chi connectivity index (χ3v) is 6.77. The van der Waals surface area contributed by atoms with Crippen molar-refractivity contribution < 1.29 is 0 Å². The molecule has 2 N–H and O–H groups in total. The van der Waals surface area contributed by atoms with Crippen molar-refractivity contribution in [2.45, 2.75) is 58.2 Å². The van der Waals surface area contributed by atoms with E-state index in [0.29, 0.717) is 5.92 Å². The molecule has 186 valence electrons. The molecule has 2 aliphatic rings. The molecule has 0 fully saturated rings. The van der Waals surface area contributed by atoms with Gasteiger partial charge in [-0.1, -0.05) is 48.9 Å². The van der Waals surface area contributed by atoms with Crippen LogP contribution < -0.4 is 10.6 Å². The lowest BCUT2D eigenvalue weighted by molar-refractivity contribution is 0.253. The van der Waals surface area contributed by atoms with E-state index in [1.54, 1.807) is 0 Å². The highest BCUT2D eigenvalue weighted by Crippen LogP contribution is 2.21. The van der Waals surface area contributed by atoms with E-state index >= 15 is 0 Å². The second kappa shape index (κ2) is 14.7. The average molecular weight is 472 g/mol. The van der Waals surface area contributed by atoms with E-state index in [2.05, 4.69) is 74.2 Å². The largest absolute Gasteiger partial charge is 0.315 e. The number of pyridine rings is 1. The van der Waals surface area contributed by atoms with Crippen molar-refractivity contribution in [3.63, 3.8) is 0 Å². The van der Waals surface area contributed by atoms with Crippen LogP contribution in [0.3, 0.4) is 0 Å². The van der Waals surface area contributed by atoms with Gasteiger partial charge in [-0.05, 0) is 79.9 Å². The highest BCUT2D eigenvalue weighted by atomic mass is 15.1. The number of hydrogen-bond donors (Lipinski definition) is 2. The average Bonchev–Trinajstić information content (AvgIpc) is 2.89. The molecule has 0 saturated carbocycles. The number of hydrogen-bond acceptors (Lipinski definition) is 5. The van der Waals surface area contributed by atoms with Crippen molar-refractivity contribution >= 4 is 6.21 Å². The van der Waals surface area contributed by atoms with Crippen LogP contribution in [-0.2, 0) is 19.6 Å². The van der Waals surface area contributed by atoms with E-state index in [9.17, 15) is 0 Å². The predicted molar refractivity (Wildman–Crippen MR) is 146 cm³/mol. The van der Waals surface area contributed by atoms with Gasteiger partial charge in [-0.25, -0.2) is 0 Å². The van der Waals surface area contributed by atoms with Crippen LogP contribution in [0.2, 0.25) is 0 Å². The molecule has 0 saturated heterocycles. The third kappa shape index (κ3) is 9.52. The van der Waals surface area contributed by atoms with Gasteiger partial charge >= 0.3 is 0 Å². The molecule has 0 aliphatic carbocycles. The monoisotopic (exact) mass is 471 g/mol. The fraction of sp³-hybridized carbons (Fsp3) is 0.467. The maximum Gasteiger partial charge on any atom is 0.0541 e. The second-order valence-corrected chi connectivity index (χ2v) is 9.78. The summed E-state index contributed by atoms with van der Waals surface area (Å²) in [5.41, 5.74) is 5.17. The Morgan fingerprint density at radius 3 is 2.89 bits per heavy atom. The van der Waals surface area contributed by atoms with Gasteiger partial charge in [-0.2, -0.15) is 0 Å². The third-order valence-electron chi connectivity index (χ3n) is 6.77. The Balaban J connectivity index is 1.32. The van der Waals surface area contributed by atoms with Crippen LogP contribution in [0.4, 0.5) is 0 Å². The van der Waals surface area contributed by atoms with E-state index in [0.717, 1.165) is 64.3 Å². The first-order chi connectivity index (χ1) is 17.3. The van der Waals surface area contributed by atoms with Crippen LogP contribution in [-0.4, -0.2) is 42.3 Å². The number of nitrogens with zero attached hydrogens (tertiary/aromatic N) is 3. The number of rotatable bonds is 6. The molecule has 2 aliphatic heterocycles. The molecule has 0 spiro atoms. The molecular weight excluding hydrogens is 430 g/mol. The maximum absolute atomic E-state index is 4.56. The summed E-state index contributed by atoms with van der Waals surface area (Å²) in [6, 6.07) is 15.1. The zero-order valence-corrected chi connectivity index (χ0v) is 21.0. The second-order valence-electron chi connectivity index (χ2n) is 9.78. The Bertz CT molecular complexity index is 966. The lowest BCUT2D eigenvalue weighted by atomic mass is 9.95. The zero-order valence-electron chi connectivity index (χ0n) is 21.0. The summed E-state index contributed by atoms with van der Waals surface area (Å²) in [6.45, 7) is 6.98. The molecule has 5 nitrogen and oxygen atoms in total. The number of nitrogens with one attached hydrogen (secondary N) is 2. The van der Waals surface area contributed by atoms with Crippen molar-refractivity contribution in [1.82, 2.24) is 20.5 Å². The Kier molecular flexibility index (Phi) is 10.7. The predicted octanol–water partition coefficient (Wildman–Crippen LogP) is 5.26. The van der Waals surface area contributed by atoms with Gasteiger partial charge in [0.1, 0.15) is 0 Å². The highest BCUT2D eigenvalue weighted by Gasteiger charge is 2.14. The van der Waals surface area contributed by atoms with E-state index in [1.165, 1.54) is 42.4 Å². The van der Waals surface area contributed by atoms with Gasteiger partial charge in [0, 0.05) is 51.3 Å². The Morgan fingerprint density at radius 1 is 0.971 bits per heavy atom. The summed E-state index contributed by atoms with van der Waals surface area (Å²) in [7, 11) is 0. The first kappa shape index (κ1) is 25.5. The van der Waals surface area contributed by atoms with Crippen molar-refractivity contribution in [2.24, 2.45) is 10.9 Å². The van der Waals surface area contributed by atoms with Gasteiger partial charge in [-0.3, -0.25) is 14.9 Å². The smallest absolute Gasteiger partial charge is 0.0541 e. The van der Waals surface area contributed by atoms with Crippen LogP contribution in [0.5, 0.6) is 0 Å². The summed E-state index contributed by atoms with van der Waals surface area (Å²) < 4.78 is 0. The van der Waals surface area contributed by atoms with E-state index < -0.39 is 0 Å². The SMILES string of the molecule is C1=NC=C2/C=C\CCCCCNCCN(Cc3cccc(CNCc4ccccn4)c3)CCC1C2. The molecule has 35 heavy (non-hydrogen) atoms. The fourth-order valence-corrected chi connectivity index (χ4v) is 4.79. The van der Waals surface area contributed by atoms with Gasteiger partial charge in [0.05, 0.1) is 5.69 Å². The summed E-state index contributed by atoms with van der Waals surface area (Å²) >= 11 is 0. The normalized spacial score (nSPS) is 21.4. The number of aromatic nitrogens is 1. The van der Waals surface area contributed by atoms with Crippen molar-refractivity contribution in [1.29, 1.82) is 0 Å². The number of fused-ring (bicyclic) bond motifs is 2. The van der Waals surface area contributed by atoms with Crippen molar-refractivity contribution in [2.75, 3.05) is 26.2 Å². The van der Waals surface area contributed by atoms with Crippen LogP contribution in [0.15, 0.2) is 77.6 Å². The summed E-state index contributed by atoms with van der Waals surface area (Å²) in [6.07, 6.45) is 18.0. The minimum atomic E-state index is 0.533. The topological polar surface area (TPSA) is 52.6 Å². The maximum atomic E-state index is 4.56. The highest BCUT2D eigenvalue weighted by molar-refractivity contribution is 5.64. The molecule has 1 atom stereocenters. The van der Waals surface area contributed by atoms with Gasteiger partial charge < -0.3 is 10.6 Å². The molecule has 2 bridgehead atoms. The van der Waals surface area contributed by atoms with Crippen molar-refractivity contribution in [3.8, 4) is 0 Å². The molecule has 1 unspecified atom stereocenters. The molecule has 4 rings (SSSR count). The first-order valence-electron chi connectivity index (χ1n) is 13.4. The quantitative estimate of drug-likeness (QED) is 0.604. The molecule has 0 radical (unpaired) electrons. The standard InChI is InChI=1S/C30H41N5/c1-2-4-9-26-19-28(23-32-21-26)13-17-35(18-16-31-14-6-3-1)25-29-11-8-10-27(20-29)22-33-24-30-12-5-7-15-34-30/h4-5,7-12,15,20-21,23,28,31,33H,1-3,6,13-14,16-19,22,24-25H2/b9-4-. The molecule has 2 aromatic rings. The summed E-state index contributed by atoms with van der Waals surface area (Å²) in [4.78, 5) is 11.6. The first-order valence-corrected chi connectivity index (χ1v) is 13.4. The van der Waals surface area contributed by atoms with Gasteiger partial charge in [-0.15, -0.1) is 0 Å². The van der Waals surface area contributed by atoms with Crippen LogP contribution in [0, 0.1) is 5.92 Å². The van der Waals surface area contributed by atoms with Crippen LogP contribution in [0.1, 0.15) is 55.3 Å². The van der Waals surface area contributed by atoms with E-state index in [-0.39, 0.29) is 0 Å². The Labute approximate surface area is 211 Å².